The molecule has 2 aromatic carbocycles. The van der Waals surface area contributed by atoms with Crippen LogP contribution in [0.15, 0.2) is 53.6 Å². The lowest BCUT2D eigenvalue weighted by molar-refractivity contribution is 0.871. The molecular formula is C17H15ClN4S. The molecule has 0 atom stereocenters. The summed E-state index contributed by atoms with van der Waals surface area (Å²) in [4.78, 5) is 0. The number of benzene rings is 2. The lowest BCUT2D eigenvalue weighted by Gasteiger charge is -2.01. The molecule has 0 aliphatic rings. The Morgan fingerprint density at radius 3 is 2.52 bits per heavy atom. The van der Waals surface area contributed by atoms with E-state index in [0.717, 1.165) is 17.5 Å². The van der Waals surface area contributed by atoms with Gasteiger partial charge < -0.3 is 0 Å². The van der Waals surface area contributed by atoms with Crippen molar-refractivity contribution in [3.05, 3.63) is 69.5 Å². The van der Waals surface area contributed by atoms with Crippen LogP contribution >= 0.6 is 23.8 Å². The maximum Gasteiger partial charge on any atom is 0.216 e. The maximum absolute atomic E-state index is 5.92. The molecule has 1 N–H and O–H groups in total. The highest BCUT2D eigenvalue weighted by Gasteiger charge is 2.07. The van der Waals surface area contributed by atoms with Gasteiger partial charge in [0.1, 0.15) is 0 Å². The monoisotopic (exact) mass is 342 g/mol. The van der Waals surface area contributed by atoms with Crippen LogP contribution in [0.5, 0.6) is 0 Å². The van der Waals surface area contributed by atoms with Crippen molar-refractivity contribution in [2.45, 2.75) is 13.3 Å². The molecule has 1 heterocycles. The molecule has 0 saturated heterocycles. The fourth-order valence-corrected chi connectivity index (χ4v) is 2.45. The van der Waals surface area contributed by atoms with E-state index in [-0.39, 0.29) is 0 Å². The summed E-state index contributed by atoms with van der Waals surface area (Å²) < 4.78 is 2.04. The lowest BCUT2D eigenvalue weighted by Crippen LogP contribution is -1.95. The van der Waals surface area contributed by atoms with Crippen LogP contribution in [-0.4, -0.2) is 21.1 Å². The van der Waals surface area contributed by atoms with Crippen LogP contribution in [0.3, 0.4) is 0 Å². The normalized spacial score (nSPS) is 11.2. The Balaban J connectivity index is 1.93. The smallest absolute Gasteiger partial charge is 0.216 e. The van der Waals surface area contributed by atoms with Crippen molar-refractivity contribution < 1.29 is 0 Å². The predicted molar refractivity (Wildman–Crippen MR) is 96.7 cm³/mol. The third kappa shape index (κ3) is 3.57. The molecule has 0 saturated carbocycles. The third-order valence-electron chi connectivity index (χ3n) is 3.46. The molecular weight excluding hydrogens is 328 g/mol. The fraction of sp³-hybridized carbons (Fsp3) is 0.118. The number of aryl methyl sites for hydroxylation is 1. The van der Waals surface area contributed by atoms with E-state index in [1.165, 1.54) is 5.56 Å². The number of hydrogen-bond donors (Lipinski definition) is 1. The zero-order valence-corrected chi connectivity index (χ0v) is 14.1. The molecule has 0 aliphatic carbocycles. The molecule has 3 aromatic rings. The van der Waals surface area contributed by atoms with Crippen molar-refractivity contribution in [1.29, 1.82) is 0 Å². The molecule has 0 aliphatic heterocycles. The number of H-pyrrole nitrogens is 1. The lowest BCUT2D eigenvalue weighted by atomic mass is 10.1. The summed E-state index contributed by atoms with van der Waals surface area (Å²) in [7, 11) is 0. The first-order valence-corrected chi connectivity index (χ1v) is 8.02. The van der Waals surface area contributed by atoms with E-state index in [4.69, 9.17) is 23.8 Å². The number of halogens is 1. The minimum absolute atomic E-state index is 0.441. The van der Waals surface area contributed by atoms with Crippen LogP contribution in [-0.2, 0) is 6.42 Å². The van der Waals surface area contributed by atoms with E-state index in [0.29, 0.717) is 15.6 Å². The SMILES string of the molecule is CCc1ccc(/C=N/n2c(-c3ccc(Cl)cc3)n[nH]c2=S)cc1. The minimum atomic E-state index is 0.441. The molecule has 116 valence electrons. The first kappa shape index (κ1) is 15.6. The second kappa shape index (κ2) is 6.89. The van der Waals surface area contributed by atoms with Gasteiger partial charge in [0.05, 0.1) is 6.21 Å². The van der Waals surface area contributed by atoms with Gasteiger partial charge in [-0.3, -0.25) is 0 Å². The first-order valence-electron chi connectivity index (χ1n) is 7.24. The molecule has 4 nitrogen and oxygen atoms in total. The third-order valence-corrected chi connectivity index (χ3v) is 3.98. The summed E-state index contributed by atoms with van der Waals surface area (Å²) in [6.45, 7) is 2.13. The molecule has 0 fully saturated rings. The van der Waals surface area contributed by atoms with Crippen molar-refractivity contribution in [2.24, 2.45) is 5.10 Å². The second-order valence-electron chi connectivity index (χ2n) is 5.01. The topological polar surface area (TPSA) is 46.0 Å². The number of nitrogens with zero attached hydrogens (tertiary/aromatic N) is 3. The zero-order valence-electron chi connectivity index (χ0n) is 12.5. The van der Waals surface area contributed by atoms with Crippen LogP contribution < -0.4 is 0 Å². The second-order valence-corrected chi connectivity index (χ2v) is 5.83. The molecule has 6 heteroatoms. The molecule has 0 amide bonds. The Bertz CT molecular complexity index is 876. The Morgan fingerprint density at radius 1 is 1.17 bits per heavy atom. The van der Waals surface area contributed by atoms with Crippen LogP contribution in [0, 0.1) is 4.77 Å². The average Bonchev–Trinajstić information content (AvgIpc) is 2.95. The van der Waals surface area contributed by atoms with Crippen molar-refractivity contribution in [3.63, 3.8) is 0 Å². The predicted octanol–water partition coefficient (Wildman–Crippen LogP) is 4.71. The Hall–Kier alpha value is -2.24. The van der Waals surface area contributed by atoms with Crippen LogP contribution in [0.2, 0.25) is 5.02 Å². The molecule has 0 bridgehead atoms. The van der Waals surface area contributed by atoms with Crippen LogP contribution in [0.1, 0.15) is 18.1 Å². The molecule has 1 aromatic heterocycles. The summed E-state index contributed by atoms with van der Waals surface area (Å²) in [5, 5.41) is 12.1. The first-order chi connectivity index (χ1) is 11.2. The quantitative estimate of drug-likeness (QED) is 0.551. The summed E-state index contributed by atoms with van der Waals surface area (Å²) in [6, 6.07) is 15.6. The van der Waals surface area contributed by atoms with Gasteiger partial charge in [0.2, 0.25) is 4.77 Å². The van der Waals surface area contributed by atoms with Gasteiger partial charge in [-0.1, -0.05) is 42.8 Å². The molecule has 3 rings (SSSR count). The van der Waals surface area contributed by atoms with Crippen molar-refractivity contribution >= 4 is 30.0 Å². The summed E-state index contributed by atoms with van der Waals surface area (Å²) in [5.74, 6) is 0.646. The Kier molecular flexibility index (Phi) is 4.69. The summed E-state index contributed by atoms with van der Waals surface area (Å²) >= 11 is 11.2. The van der Waals surface area contributed by atoms with Gasteiger partial charge in [0.25, 0.3) is 0 Å². The highest BCUT2D eigenvalue weighted by Crippen LogP contribution is 2.19. The van der Waals surface area contributed by atoms with E-state index in [1.54, 1.807) is 10.9 Å². The van der Waals surface area contributed by atoms with Gasteiger partial charge in [-0.15, -0.1) is 0 Å². The van der Waals surface area contributed by atoms with Gasteiger partial charge in [-0.2, -0.15) is 14.9 Å². The standard InChI is InChI=1S/C17H15ClN4S/c1-2-12-3-5-13(6-4-12)11-19-22-16(20-21-17(22)23)14-7-9-15(18)10-8-14/h3-11H,2H2,1H3,(H,21,23)/b19-11+. The molecule has 0 radical (unpaired) electrons. The zero-order chi connectivity index (χ0) is 16.2. The van der Waals surface area contributed by atoms with E-state index in [2.05, 4.69) is 34.4 Å². The molecule has 0 spiro atoms. The van der Waals surface area contributed by atoms with Crippen molar-refractivity contribution in [3.8, 4) is 11.4 Å². The van der Waals surface area contributed by atoms with Gasteiger partial charge in [-0.05, 0) is 54.0 Å². The van der Waals surface area contributed by atoms with Gasteiger partial charge in [0.15, 0.2) is 5.82 Å². The number of aromatic nitrogens is 3. The largest absolute Gasteiger partial charge is 0.250 e. The number of hydrogen-bond acceptors (Lipinski definition) is 3. The molecule has 23 heavy (non-hydrogen) atoms. The van der Waals surface area contributed by atoms with Gasteiger partial charge in [-0.25, -0.2) is 5.10 Å². The number of nitrogens with one attached hydrogen (secondary N) is 1. The van der Waals surface area contributed by atoms with Gasteiger partial charge in [0, 0.05) is 10.6 Å². The average molecular weight is 343 g/mol. The van der Waals surface area contributed by atoms with Crippen molar-refractivity contribution in [1.82, 2.24) is 14.9 Å². The highest BCUT2D eigenvalue weighted by atomic mass is 35.5. The van der Waals surface area contributed by atoms with E-state index >= 15 is 0 Å². The maximum atomic E-state index is 5.92. The number of aromatic amines is 1. The van der Waals surface area contributed by atoms with Crippen LogP contribution in [0.25, 0.3) is 11.4 Å². The highest BCUT2D eigenvalue weighted by molar-refractivity contribution is 7.71. The van der Waals surface area contributed by atoms with E-state index < -0.39 is 0 Å². The molecule has 0 unspecified atom stereocenters. The van der Waals surface area contributed by atoms with Crippen molar-refractivity contribution in [2.75, 3.05) is 0 Å². The van der Waals surface area contributed by atoms with E-state index in [9.17, 15) is 0 Å². The Labute approximate surface area is 144 Å². The van der Waals surface area contributed by atoms with Crippen LogP contribution in [0.4, 0.5) is 0 Å². The Morgan fingerprint density at radius 2 is 1.87 bits per heavy atom. The minimum Gasteiger partial charge on any atom is -0.250 e. The summed E-state index contributed by atoms with van der Waals surface area (Å²) in [6.07, 6.45) is 2.79. The number of rotatable bonds is 4. The van der Waals surface area contributed by atoms with E-state index in [1.807, 2.05) is 36.4 Å². The van der Waals surface area contributed by atoms with Gasteiger partial charge >= 0.3 is 0 Å². The summed E-state index contributed by atoms with van der Waals surface area (Å²) in [5.41, 5.74) is 3.19. The fourth-order valence-electron chi connectivity index (χ4n) is 2.15.